The van der Waals surface area contributed by atoms with Gasteiger partial charge in [-0.2, -0.15) is 0 Å². The molecule has 0 bridgehead atoms. The molecule has 0 aliphatic rings. The van der Waals surface area contributed by atoms with Crippen molar-refractivity contribution in [1.29, 1.82) is 0 Å². The van der Waals surface area contributed by atoms with E-state index >= 15 is 0 Å². The van der Waals surface area contributed by atoms with E-state index in [0.29, 0.717) is 0 Å². The van der Waals surface area contributed by atoms with Crippen molar-refractivity contribution in [2.45, 2.75) is 13.8 Å². The Labute approximate surface area is 166 Å². The molecule has 0 saturated carbocycles. The number of fused-ring (bicyclic) bond motifs is 2. The van der Waals surface area contributed by atoms with Gasteiger partial charge in [0.1, 0.15) is 0 Å². The van der Waals surface area contributed by atoms with Crippen LogP contribution in [-0.4, -0.2) is 0 Å². The zero-order valence-electron chi connectivity index (χ0n) is 16.1. The minimum Gasteiger partial charge on any atom is -0.101 e. The molecule has 0 aromatic heterocycles. The van der Waals surface area contributed by atoms with Crippen molar-refractivity contribution in [3.05, 3.63) is 95.1 Å². The van der Waals surface area contributed by atoms with Gasteiger partial charge in [0, 0.05) is 11.1 Å². The van der Waals surface area contributed by atoms with Crippen LogP contribution in [-0.2, 0) is 0 Å². The fourth-order valence-electron chi connectivity index (χ4n) is 3.60. The lowest BCUT2D eigenvalue weighted by Crippen LogP contribution is -1.89. The molecule has 0 heteroatoms. The predicted octanol–water partition coefficient (Wildman–Crippen LogP) is 6.91. The zero-order valence-corrected chi connectivity index (χ0v) is 16.1. The van der Waals surface area contributed by atoms with Crippen LogP contribution in [0.1, 0.15) is 36.1 Å². The van der Waals surface area contributed by atoms with Gasteiger partial charge in [0.2, 0.25) is 0 Å². The van der Waals surface area contributed by atoms with Gasteiger partial charge in [0.05, 0.1) is 0 Å². The summed E-state index contributed by atoms with van der Waals surface area (Å²) in [5.74, 6) is 12.4. The second-order valence-corrected chi connectivity index (χ2v) is 6.59. The quantitative estimate of drug-likeness (QED) is 0.208. The first-order valence-corrected chi connectivity index (χ1v) is 9.39. The standard InChI is InChI=1S/C28H20/c1-3-9-21-15-17-22(18-16-21)19-20-28-26-13-7-5-11-24(26)23(10-4-2)25-12-6-8-14-27(25)28/h5-8,11-20H,1-2H3/b20-19+. The smallest absolute Gasteiger partial charge is 0.0402 e. The van der Waals surface area contributed by atoms with Crippen molar-refractivity contribution in [3.63, 3.8) is 0 Å². The van der Waals surface area contributed by atoms with Gasteiger partial charge in [0.25, 0.3) is 0 Å². The summed E-state index contributed by atoms with van der Waals surface area (Å²) in [6.45, 7) is 3.75. The van der Waals surface area contributed by atoms with Gasteiger partial charge in [-0.3, -0.25) is 0 Å². The third-order valence-electron chi connectivity index (χ3n) is 4.85. The highest BCUT2D eigenvalue weighted by Crippen LogP contribution is 2.33. The Morgan fingerprint density at radius 2 is 1.11 bits per heavy atom. The average Bonchev–Trinajstić information content (AvgIpc) is 2.74. The summed E-state index contributed by atoms with van der Waals surface area (Å²) in [7, 11) is 0. The summed E-state index contributed by atoms with van der Waals surface area (Å²) in [6, 6.07) is 25.4. The van der Waals surface area contributed by atoms with Crippen LogP contribution in [0, 0.1) is 23.7 Å². The minimum atomic E-state index is 1.04. The minimum absolute atomic E-state index is 1.04. The van der Waals surface area contributed by atoms with Crippen LogP contribution in [0.3, 0.4) is 0 Å². The van der Waals surface area contributed by atoms with E-state index in [1.54, 1.807) is 0 Å². The van der Waals surface area contributed by atoms with E-state index in [1.807, 2.05) is 13.8 Å². The van der Waals surface area contributed by atoms with Crippen LogP contribution in [0.25, 0.3) is 33.7 Å². The maximum Gasteiger partial charge on any atom is 0.0402 e. The summed E-state index contributed by atoms with van der Waals surface area (Å²) >= 11 is 0. The fourth-order valence-corrected chi connectivity index (χ4v) is 3.60. The first-order valence-electron chi connectivity index (χ1n) is 9.39. The van der Waals surface area contributed by atoms with Crippen molar-refractivity contribution in [2.75, 3.05) is 0 Å². The lowest BCUT2D eigenvalue weighted by atomic mass is 9.91. The van der Waals surface area contributed by atoms with Crippen LogP contribution in [0.4, 0.5) is 0 Å². The SMILES string of the molecule is CC#Cc1ccc(/C=C/c2c3ccccc3c(C#CC)c3ccccc23)cc1. The number of benzene rings is 4. The van der Waals surface area contributed by atoms with Crippen molar-refractivity contribution in [2.24, 2.45) is 0 Å². The summed E-state index contributed by atoms with van der Waals surface area (Å²) in [4.78, 5) is 0. The van der Waals surface area contributed by atoms with E-state index in [4.69, 9.17) is 0 Å². The summed E-state index contributed by atoms with van der Waals surface area (Å²) in [5, 5.41) is 4.85. The molecule has 132 valence electrons. The molecule has 0 fully saturated rings. The molecule has 0 amide bonds. The van der Waals surface area contributed by atoms with E-state index in [0.717, 1.165) is 16.7 Å². The molecule has 0 aliphatic heterocycles. The van der Waals surface area contributed by atoms with Crippen LogP contribution in [0.5, 0.6) is 0 Å². The van der Waals surface area contributed by atoms with Gasteiger partial charge >= 0.3 is 0 Å². The van der Waals surface area contributed by atoms with E-state index in [-0.39, 0.29) is 0 Å². The normalized spacial score (nSPS) is 10.5. The summed E-state index contributed by atoms with van der Waals surface area (Å²) in [5.41, 5.74) is 4.53. The highest BCUT2D eigenvalue weighted by atomic mass is 14.1. The lowest BCUT2D eigenvalue weighted by molar-refractivity contribution is 1.61. The Kier molecular flexibility index (Phi) is 4.97. The maximum absolute atomic E-state index is 3.33. The first kappa shape index (κ1) is 17.7. The molecule has 0 heterocycles. The molecule has 4 rings (SSSR count). The topological polar surface area (TPSA) is 0 Å². The third-order valence-corrected chi connectivity index (χ3v) is 4.85. The molecule has 0 radical (unpaired) electrons. The molecule has 0 N–H and O–H groups in total. The average molecular weight is 356 g/mol. The predicted molar refractivity (Wildman–Crippen MR) is 122 cm³/mol. The van der Waals surface area contributed by atoms with E-state index in [9.17, 15) is 0 Å². The van der Waals surface area contributed by atoms with Gasteiger partial charge in [0.15, 0.2) is 0 Å². The molecular weight excluding hydrogens is 336 g/mol. The Morgan fingerprint density at radius 1 is 0.571 bits per heavy atom. The molecule has 4 aromatic carbocycles. The van der Waals surface area contributed by atoms with Crippen molar-refractivity contribution < 1.29 is 0 Å². The summed E-state index contributed by atoms with van der Waals surface area (Å²) in [6.07, 6.45) is 4.39. The molecule has 0 unspecified atom stereocenters. The molecule has 4 aromatic rings. The Bertz CT molecular complexity index is 1250. The fraction of sp³-hybridized carbons (Fsp3) is 0.0714. The lowest BCUT2D eigenvalue weighted by Gasteiger charge is -2.12. The van der Waals surface area contributed by atoms with E-state index in [2.05, 4.69) is 109 Å². The van der Waals surface area contributed by atoms with Gasteiger partial charge in [-0.25, -0.2) is 0 Å². The second kappa shape index (κ2) is 7.87. The van der Waals surface area contributed by atoms with Crippen LogP contribution in [0.15, 0.2) is 72.8 Å². The molecule has 0 spiro atoms. The van der Waals surface area contributed by atoms with E-state index < -0.39 is 0 Å². The van der Waals surface area contributed by atoms with Gasteiger partial charge < -0.3 is 0 Å². The molecular formula is C28H20. The Morgan fingerprint density at radius 3 is 1.64 bits per heavy atom. The largest absolute Gasteiger partial charge is 0.101 e. The van der Waals surface area contributed by atoms with Crippen molar-refractivity contribution >= 4 is 33.7 Å². The number of hydrogen-bond donors (Lipinski definition) is 0. The third kappa shape index (κ3) is 3.29. The maximum atomic E-state index is 3.33. The van der Waals surface area contributed by atoms with Crippen molar-refractivity contribution in [3.8, 4) is 23.7 Å². The number of hydrogen-bond acceptors (Lipinski definition) is 0. The highest BCUT2D eigenvalue weighted by Gasteiger charge is 2.10. The van der Waals surface area contributed by atoms with Crippen LogP contribution < -0.4 is 0 Å². The molecule has 0 nitrogen and oxygen atoms in total. The Balaban J connectivity index is 1.93. The van der Waals surface area contributed by atoms with Crippen LogP contribution >= 0.6 is 0 Å². The molecule has 0 aliphatic carbocycles. The molecule has 0 saturated heterocycles. The molecule has 28 heavy (non-hydrogen) atoms. The monoisotopic (exact) mass is 356 g/mol. The second-order valence-electron chi connectivity index (χ2n) is 6.59. The Hall–Kier alpha value is -3.74. The molecule has 0 atom stereocenters. The zero-order chi connectivity index (χ0) is 19.3. The van der Waals surface area contributed by atoms with Crippen molar-refractivity contribution in [1.82, 2.24) is 0 Å². The van der Waals surface area contributed by atoms with Gasteiger partial charge in [-0.15, -0.1) is 11.8 Å². The van der Waals surface area contributed by atoms with Crippen LogP contribution in [0.2, 0.25) is 0 Å². The summed E-state index contributed by atoms with van der Waals surface area (Å²) < 4.78 is 0. The number of rotatable bonds is 2. The van der Waals surface area contributed by atoms with Gasteiger partial charge in [-0.1, -0.05) is 84.7 Å². The van der Waals surface area contributed by atoms with Gasteiger partial charge in [-0.05, 0) is 58.7 Å². The van der Waals surface area contributed by atoms with E-state index in [1.165, 1.54) is 27.1 Å². The highest BCUT2D eigenvalue weighted by molar-refractivity contribution is 6.12. The first-order chi connectivity index (χ1) is 13.8.